The molecule has 0 radical (unpaired) electrons. The number of amidine groups is 1. The Bertz CT molecular complexity index is 682. The van der Waals surface area contributed by atoms with Crippen molar-refractivity contribution in [3.05, 3.63) is 58.5 Å². The van der Waals surface area contributed by atoms with Crippen molar-refractivity contribution in [2.24, 2.45) is 10.7 Å². The van der Waals surface area contributed by atoms with E-state index in [2.05, 4.69) is 10.3 Å². The Morgan fingerprint density at radius 1 is 1.26 bits per heavy atom. The Kier molecular flexibility index (Phi) is 5.18. The van der Waals surface area contributed by atoms with Gasteiger partial charge in [0.1, 0.15) is 11.6 Å². The van der Waals surface area contributed by atoms with Crippen LogP contribution in [0.4, 0.5) is 0 Å². The molecule has 1 aliphatic heterocycles. The fourth-order valence-corrected chi connectivity index (χ4v) is 2.45. The molecule has 6 nitrogen and oxygen atoms in total. The molecule has 0 aromatic heterocycles. The summed E-state index contributed by atoms with van der Waals surface area (Å²) >= 11 is 0. The minimum absolute atomic E-state index is 0.196. The second-order valence-corrected chi connectivity index (χ2v) is 5.49. The van der Waals surface area contributed by atoms with Crippen molar-refractivity contribution in [2.75, 3.05) is 0 Å². The molecular weight excluding hydrogens is 294 g/mol. The number of nitrogens with zero attached hydrogens (tertiary/aromatic N) is 1. The van der Waals surface area contributed by atoms with Gasteiger partial charge in [-0.15, -0.1) is 0 Å². The lowest BCUT2D eigenvalue weighted by Gasteiger charge is -2.09. The van der Waals surface area contributed by atoms with Crippen molar-refractivity contribution in [3.63, 3.8) is 0 Å². The van der Waals surface area contributed by atoms with Gasteiger partial charge >= 0.3 is 5.97 Å². The van der Waals surface area contributed by atoms with Gasteiger partial charge < -0.3 is 21.3 Å². The van der Waals surface area contributed by atoms with Crippen LogP contribution in [0.2, 0.25) is 0 Å². The Hall–Kier alpha value is -2.60. The maximum atomic E-state index is 10.8. The van der Waals surface area contributed by atoms with E-state index in [1.807, 2.05) is 6.20 Å². The number of benzene rings is 1. The molecule has 0 aliphatic carbocycles. The first-order chi connectivity index (χ1) is 10.9. The lowest BCUT2D eigenvalue weighted by molar-refractivity contribution is 0.0697. The SMILES string of the molecule is C/C(O)=C1/C(CCc2ccc(C(=O)O)cc2)=CN/C1=N/C(C)N. The van der Waals surface area contributed by atoms with E-state index >= 15 is 0 Å². The molecule has 1 atom stereocenters. The molecular formula is C17H21N3O3. The molecule has 0 saturated heterocycles. The number of nitrogens with two attached hydrogens (primary N) is 1. The fourth-order valence-electron chi connectivity index (χ4n) is 2.45. The van der Waals surface area contributed by atoms with Crippen LogP contribution in [0.15, 0.2) is 52.4 Å². The second kappa shape index (κ2) is 7.11. The van der Waals surface area contributed by atoms with Crippen LogP contribution in [0, 0.1) is 0 Å². The zero-order valence-electron chi connectivity index (χ0n) is 13.2. The number of carboxylic acid groups (broad SMARTS) is 1. The van der Waals surface area contributed by atoms with Gasteiger partial charge in [0.05, 0.1) is 17.3 Å². The lowest BCUT2D eigenvalue weighted by atomic mass is 9.99. The summed E-state index contributed by atoms with van der Waals surface area (Å²) in [7, 11) is 0. The molecule has 122 valence electrons. The highest BCUT2D eigenvalue weighted by Crippen LogP contribution is 2.24. The summed E-state index contributed by atoms with van der Waals surface area (Å²) in [6, 6.07) is 6.79. The predicted molar refractivity (Wildman–Crippen MR) is 89.4 cm³/mol. The van der Waals surface area contributed by atoms with Gasteiger partial charge in [0.2, 0.25) is 0 Å². The zero-order chi connectivity index (χ0) is 17.0. The van der Waals surface area contributed by atoms with E-state index in [9.17, 15) is 9.90 Å². The third kappa shape index (κ3) is 4.20. The van der Waals surface area contributed by atoms with Crippen LogP contribution in [0.25, 0.3) is 0 Å². The van der Waals surface area contributed by atoms with Crippen molar-refractivity contribution in [1.29, 1.82) is 0 Å². The van der Waals surface area contributed by atoms with E-state index < -0.39 is 5.97 Å². The van der Waals surface area contributed by atoms with Crippen molar-refractivity contribution in [3.8, 4) is 0 Å². The monoisotopic (exact) mass is 315 g/mol. The topological polar surface area (TPSA) is 108 Å². The van der Waals surface area contributed by atoms with Gasteiger partial charge in [-0.05, 0) is 50.0 Å². The quantitative estimate of drug-likeness (QED) is 0.624. The number of allylic oxidation sites excluding steroid dienone is 1. The highest BCUT2D eigenvalue weighted by Gasteiger charge is 2.21. The average Bonchev–Trinajstić information content (AvgIpc) is 2.87. The summed E-state index contributed by atoms with van der Waals surface area (Å²) in [6.45, 7) is 3.38. The predicted octanol–water partition coefficient (Wildman–Crippen LogP) is 2.34. The zero-order valence-corrected chi connectivity index (χ0v) is 13.2. The normalized spacial score (nSPS) is 19.3. The standard InChI is InChI=1S/C17H21N3O3/c1-10(21)15-14(9-19-16(15)20-11(2)18)8-5-12-3-6-13(7-4-12)17(22)23/h3-4,6-7,9,11,21H,5,8,18H2,1-2H3,(H,19,20)(H,22,23)/b15-10+. The van der Waals surface area contributed by atoms with Crippen molar-refractivity contribution in [1.82, 2.24) is 5.32 Å². The molecule has 1 heterocycles. The third-order valence-corrected chi connectivity index (χ3v) is 3.52. The number of aromatic carboxylic acids is 1. The first-order valence-corrected chi connectivity index (χ1v) is 7.40. The van der Waals surface area contributed by atoms with E-state index in [0.717, 1.165) is 17.6 Å². The molecule has 0 saturated carbocycles. The number of aliphatic imine (C=N–C) groups is 1. The van der Waals surface area contributed by atoms with E-state index in [0.29, 0.717) is 17.8 Å². The molecule has 23 heavy (non-hydrogen) atoms. The Balaban J connectivity index is 2.08. The number of carbonyl (C=O) groups is 1. The number of rotatable bonds is 5. The number of carboxylic acids is 1. The van der Waals surface area contributed by atoms with E-state index in [1.54, 1.807) is 38.1 Å². The van der Waals surface area contributed by atoms with E-state index in [4.69, 9.17) is 10.8 Å². The molecule has 0 amide bonds. The minimum Gasteiger partial charge on any atom is -0.512 e. The molecule has 0 spiro atoms. The van der Waals surface area contributed by atoms with Gasteiger partial charge in [-0.3, -0.25) is 0 Å². The Morgan fingerprint density at radius 3 is 2.43 bits per heavy atom. The summed E-state index contributed by atoms with van der Waals surface area (Å²) in [4.78, 5) is 15.1. The number of hydrogen-bond donors (Lipinski definition) is 4. The number of aliphatic hydroxyl groups excluding tert-OH is 1. The molecule has 1 aliphatic rings. The fraction of sp³-hybridized carbons (Fsp3) is 0.294. The Labute approximate surface area is 135 Å². The largest absolute Gasteiger partial charge is 0.512 e. The van der Waals surface area contributed by atoms with Crippen LogP contribution < -0.4 is 11.1 Å². The van der Waals surface area contributed by atoms with Gasteiger partial charge in [0, 0.05) is 6.20 Å². The minimum atomic E-state index is -0.933. The summed E-state index contributed by atoms with van der Waals surface area (Å²) in [5, 5.41) is 21.9. The average molecular weight is 315 g/mol. The molecule has 0 fully saturated rings. The summed E-state index contributed by atoms with van der Waals surface area (Å²) < 4.78 is 0. The molecule has 6 heteroatoms. The highest BCUT2D eigenvalue weighted by molar-refractivity contribution is 6.05. The van der Waals surface area contributed by atoms with Crippen LogP contribution in [0.3, 0.4) is 0 Å². The molecule has 0 bridgehead atoms. The van der Waals surface area contributed by atoms with E-state index in [-0.39, 0.29) is 17.5 Å². The number of hydrogen-bond acceptors (Lipinski definition) is 4. The number of aryl methyl sites for hydroxylation is 1. The van der Waals surface area contributed by atoms with Crippen molar-refractivity contribution >= 4 is 11.8 Å². The van der Waals surface area contributed by atoms with Crippen LogP contribution in [0.1, 0.15) is 36.2 Å². The van der Waals surface area contributed by atoms with Crippen LogP contribution in [-0.4, -0.2) is 28.2 Å². The van der Waals surface area contributed by atoms with Gasteiger partial charge in [0.25, 0.3) is 0 Å². The van der Waals surface area contributed by atoms with Crippen LogP contribution in [0.5, 0.6) is 0 Å². The van der Waals surface area contributed by atoms with Gasteiger partial charge in [-0.25, -0.2) is 9.79 Å². The number of aliphatic hydroxyl groups is 1. The molecule has 1 unspecified atom stereocenters. The summed E-state index contributed by atoms with van der Waals surface area (Å²) in [5.41, 5.74) is 8.62. The summed E-state index contributed by atoms with van der Waals surface area (Å²) in [6.07, 6.45) is 2.89. The van der Waals surface area contributed by atoms with Crippen molar-refractivity contribution in [2.45, 2.75) is 32.9 Å². The molecule has 5 N–H and O–H groups in total. The molecule has 2 rings (SSSR count). The highest BCUT2D eigenvalue weighted by atomic mass is 16.4. The summed E-state index contributed by atoms with van der Waals surface area (Å²) in [5.74, 6) is -0.157. The first-order valence-electron chi connectivity index (χ1n) is 7.40. The third-order valence-electron chi connectivity index (χ3n) is 3.52. The second-order valence-electron chi connectivity index (χ2n) is 5.49. The van der Waals surface area contributed by atoms with E-state index in [1.165, 1.54) is 0 Å². The van der Waals surface area contributed by atoms with Gasteiger partial charge in [-0.1, -0.05) is 12.1 Å². The van der Waals surface area contributed by atoms with Gasteiger partial charge in [0.15, 0.2) is 0 Å². The first kappa shape index (κ1) is 16.8. The van der Waals surface area contributed by atoms with Crippen molar-refractivity contribution < 1.29 is 15.0 Å². The Morgan fingerprint density at radius 2 is 1.91 bits per heavy atom. The molecule has 1 aromatic rings. The lowest BCUT2D eigenvalue weighted by Crippen LogP contribution is -2.21. The van der Waals surface area contributed by atoms with Crippen LogP contribution in [-0.2, 0) is 6.42 Å². The smallest absolute Gasteiger partial charge is 0.335 e. The maximum absolute atomic E-state index is 10.8. The van der Waals surface area contributed by atoms with Crippen LogP contribution >= 0.6 is 0 Å². The maximum Gasteiger partial charge on any atom is 0.335 e. The molecule has 1 aromatic carbocycles. The number of nitrogens with one attached hydrogen (secondary N) is 1. The van der Waals surface area contributed by atoms with Gasteiger partial charge in [-0.2, -0.15) is 0 Å².